The van der Waals surface area contributed by atoms with Crippen LogP contribution in [0.5, 0.6) is 5.75 Å². The van der Waals surface area contributed by atoms with Gasteiger partial charge in [0.25, 0.3) is 5.91 Å². The minimum Gasteiger partial charge on any atom is -0.484 e. The molecule has 0 aromatic heterocycles. The summed E-state index contributed by atoms with van der Waals surface area (Å²) in [4.78, 5) is 33.6. The Morgan fingerprint density at radius 3 is 2.33 bits per heavy atom. The number of nitrogens with one attached hydrogen (secondary N) is 2. The Kier molecular flexibility index (Phi) is 7.54. The minimum absolute atomic E-state index is 0.0547. The Morgan fingerprint density at radius 2 is 1.83 bits per heavy atom. The number of benzene rings is 1. The van der Waals surface area contributed by atoms with E-state index in [0.29, 0.717) is 17.9 Å². The molecule has 1 aromatic carbocycles. The first-order chi connectivity index (χ1) is 11.3. The fourth-order valence-electron chi connectivity index (χ4n) is 2.02. The number of hydrogen-bond acceptors (Lipinski definition) is 4. The highest BCUT2D eigenvalue weighted by atomic mass is 16.5. The van der Waals surface area contributed by atoms with E-state index in [0.717, 1.165) is 0 Å². The number of nitrogens with two attached hydrogens (primary N) is 1. The van der Waals surface area contributed by atoms with Gasteiger partial charge in [-0.25, -0.2) is 4.79 Å². The van der Waals surface area contributed by atoms with Crippen molar-refractivity contribution in [1.29, 1.82) is 0 Å². The van der Waals surface area contributed by atoms with E-state index < -0.39 is 23.8 Å². The highest BCUT2D eigenvalue weighted by Crippen LogP contribution is 2.15. The lowest BCUT2D eigenvalue weighted by atomic mass is 9.97. The van der Waals surface area contributed by atoms with Crippen LogP contribution in [-0.2, 0) is 9.59 Å². The summed E-state index contributed by atoms with van der Waals surface area (Å²) in [6, 6.07) is 5.86. The number of carboxylic acids is 1. The summed E-state index contributed by atoms with van der Waals surface area (Å²) < 4.78 is 5.10. The molecule has 0 spiro atoms. The van der Waals surface area contributed by atoms with Crippen LogP contribution in [0.25, 0.3) is 0 Å². The number of aliphatic carboxylic acids is 1. The second-order valence-electron chi connectivity index (χ2n) is 5.78. The van der Waals surface area contributed by atoms with Gasteiger partial charge in [0.05, 0.1) is 5.92 Å². The molecule has 0 heterocycles. The molecule has 0 bridgehead atoms. The molecule has 0 saturated carbocycles. The fraction of sp³-hybridized carbons (Fsp3) is 0.438. The lowest BCUT2D eigenvalue weighted by Crippen LogP contribution is -2.36. The Labute approximate surface area is 140 Å². The zero-order valence-electron chi connectivity index (χ0n) is 13.7. The molecule has 132 valence electrons. The third-order valence-electron chi connectivity index (χ3n) is 3.11. The van der Waals surface area contributed by atoms with Gasteiger partial charge in [0.1, 0.15) is 5.75 Å². The average molecular weight is 337 g/mol. The predicted octanol–water partition coefficient (Wildman–Crippen LogP) is 1.42. The third kappa shape index (κ3) is 7.48. The Bertz CT molecular complexity index is 572. The largest absolute Gasteiger partial charge is 0.484 e. The molecule has 1 rings (SSSR count). The minimum atomic E-state index is -0.931. The molecule has 8 heteroatoms. The van der Waals surface area contributed by atoms with E-state index in [2.05, 4.69) is 10.6 Å². The molecule has 0 saturated heterocycles. The van der Waals surface area contributed by atoms with Gasteiger partial charge in [-0.05, 0) is 36.6 Å². The summed E-state index contributed by atoms with van der Waals surface area (Å²) in [5, 5.41) is 14.3. The standard InChI is InChI=1S/C16H23N3O5/c1-10(2)7-11(15(21)22)8-18-16(23)19-12-3-5-13(6-4-12)24-9-14(17)20/h3-6,10-11H,7-9H2,1-2H3,(H2,17,20)(H,21,22)(H2,18,19,23). The van der Waals surface area contributed by atoms with Crippen LogP contribution >= 0.6 is 0 Å². The van der Waals surface area contributed by atoms with Gasteiger partial charge in [-0.2, -0.15) is 0 Å². The molecule has 3 amide bonds. The number of anilines is 1. The van der Waals surface area contributed by atoms with Crippen LogP contribution in [0.2, 0.25) is 0 Å². The number of rotatable bonds is 9. The molecule has 24 heavy (non-hydrogen) atoms. The molecule has 0 aliphatic heterocycles. The highest BCUT2D eigenvalue weighted by Gasteiger charge is 2.19. The van der Waals surface area contributed by atoms with Crippen molar-refractivity contribution in [3.05, 3.63) is 24.3 Å². The lowest BCUT2D eigenvalue weighted by Gasteiger charge is -2.15. The summed E-state index contributed by atoms with van der Waals surface area (Å²) in [7, 11) is 0. The van der Waals surface area contributed by atoms with Gasteiger partial charge < -0.3 is 26.2 Å². The van der Waals surface area contributed by atoms with Gasteiger partial charge in [0.15, 0.2) is 6.61 Å². The maximum absolute atomic E-state index is 11.8. The summed E-state index contributed by atoms with van der Waals surface area (Å²) >= 11 is 0. The van der Waals surface area contributed by atoms with Crippen LogP contribution < -0.4 is 21.1 Å². The van der Waals surface area contributed by atoms with E-state index in [-0.39, 0.29) is 19.1 Å². The van der Waals surface area contributed by atoms with E-state index in [1.54, 1.807) is 24.3 Å². The first-order valence-corrected chi connectivity index (χ1v) is 7.56. The number of hydrogen-bond donors (Lipinski definition) is 4. The van der Waals surface area contributed by atoms with Crippen LogP contribution in [0.1, 0.15) is 20.3 Å². The molecule has 0 aliphatic rings. The van der Waals surface area contributed by atoms with E-state index >= 15 is 0 Å². The quantitative estimate of drug-likeness (QED) is 0.541. The van der Waals surface area contributed by atoms with Gasteiger partial charge in [-0.3, -0.25) is 9.59 Å². The van der Waals surface area contributed by atoms with Gasteiger partial charge in [-0.15, -0.1) is 0 Å². The second-order valence-corrected chi connectivity index (χ2v) is 5.78. The van der Waals surface area contributed by atoms with Crippen molar-refractivity contribution in [2.45, 2.75) is 20.3 Å². The number of amides is 3. The molecule has 0 radical (unpaired) electrons. The van der Waals surface area contributed by atoms with Crippen molar-refractivity contribution >= 4 is 23.6 Å². The molecule has 5 N–H and O–H groups in total. The van der Waals surface area contributed by atoms with Crippen LogP contribution in [0, 0.1) is 11.8 Å². The number of carbonyl (C=O) groups is 3. The topological polar surface area (TPSA) is 131 Å². The number of carboxylic acid groups (broad SMARTS) is 1. The van der Waals surface area contributed by atoms with Gasteiger partial charge in [-0.1, -0.05) is 13.8 Å². The zero-order chi connectivity index (χ0) is 18.1. The summed E-state index contributed by atoms with van der Waals surface area (Å²) in [6.07, 6.45) is 0.488. The molecule has 1 unspecified atom stereocenters. The molecular weight excluding hydrogens is 314 g/mol. The molecule has 1 atom stereocenters. The van der Waals surface area contributed by atoms with E-state index in [1.165, 1.54) is 0 Å². The smallest absolute Gasteiger partial charge is 0.319 e. The first kappa shape index (κ1) is 19.3. The van der Waals surface area contributed by atoms with Crippen molar-refractivity contribution in [3.8, 4) is 5.75 Å². The Balaban J connectivity index is 2.46. The SMILES string of the molecule is CC(C)CC(CNC(=O)Nc1ccc(OCC(N)=O)cc1)C(=O)O. The Hall–Kier alpha value is -2.77. The third-order valence-corrected chi connectivity index (χ3v) is 3.11. The van der Waals surface area contributed by atoms with E-state index in [4.69, 9.17) is 15.6 Å². The number of ether oxygens (including phenoxy) is 1. The zero-order valence-corrected chi connectivity index (χ0v) is 13.7. The van der Waals surface area contributed by atoms with Crippen molar-refractivity contribution in [2.24, 2.45) is 17.6 Å². The van der Waals surface area contributed by atoms with Crippen LogP contribution in [0.4, 0.5) is 10.5 Å². The van der Waals surface area contributed by atoms with Crippen LogP contribution in [-0.4, -0.2) is 36.2 Å². The Morgan fingerprint density at radius 1 is 1.21 bits per heavy atom. The van der Waals surface area contributed by atoms with Gasteiger partial charge in [0, 0.05) is 12.2 Å². The monoisotopic (exact) mass is 337 g/mol. The molecule has 1 aromatic rings. The number of urea groups is 1. The molecule has 0 fully saturated rings. The average Bonchev–Trinajstić information content (AvgIpc) is 2.50. The van der Waals surface area contributed by atoms with Crippen molar-refractivity contribution in [2.75, 3.05) is 18.5 Å². The van der Waals surface area contributed by atoms with Gasteiger partial charge in [0.2, 0.25) is 0 Å². The fourth-order valence-corrected chi connectivity index (χ4v) is 2.02. The van der Waals surface area contributed by atoms with Crippen molar-refractivity contribution < 1.29 is 24.2 Å². The first-order valence-electron chi connectivity index (χ1n) is 7.56. The van der Waals surface area contributed by atoms with Crippen molar-refractivity contribution in [3.63, 3.8) is 0 Å². The number of primary amides is 1. The summed E-state index contributed by atoms with van der Waals surface area (Å²) in [6.45, 7) is 3.69. The maximum Gasteiger partial charge on any atom is 0.319 e. The molecule has 8 nitrogen and oxygen atoms in total. The molecular formula is C16H23N3O5. The number of carbonyl (C=O) groups excluding carboxylic acids is 2. The van der Waals surface area contributed by atoms with Crippen molar-refractivity contribution in [1.82, 2.24) is 5.32 Å². The highest BCUT2D eigenvalue weighted by molar-refractivity contribution is 5.89. The van der Waals surface area contributed by atoms with E-state index in [1.807, 2.05) is 13.8 Å². The lowest BCUT2D eigenvalue weighted by molar-refractivity contribution is -0.142. The summed E-state index contributed by atoms with van der Waals surface area (Å²) in [5.74, 6) is -1.46. The predicted molar refractivity (Wildman–Crippen MR) is 88.7 cm³/mol. The maximum atomic E-state index is 11.8. The molecule has 0 aliphatic carbocycles. The van der Waals surface area contributed by atoms with Crippen LogP contribution in [0.3, 0.4) is 0 Å². The van der Waals surface area contributed by atoms with Gasteiger partial charge >= 0.3 is 12.0 Å². The van der Waals surface area contributed by atoms with E-state index in [9.17, 15) is 14.4 Å². The normalized spacial score (nSPS) is 11.6. The second kappa shape index (κ2) is 9.39. The summed E-state index contributed by atoms with van der Waals surface area (Å²) in [5.41, 5.74) is 5.48. The van der Waals surface area contributed by atoms with Crippen LogP contribution in [0.15, 0.2) is 24.3 Å².